The minimum atomic E-state index is 0.636. The first-order valence-electron chi connectivity index (χ1n) is 6.98. The first kappa shape index (κ1) is 14.0. The second kappa shape index (κ2) is 6.13. The fourth-order valence-corrected chi connectivity index (χ4v) is 3.46. The molecule has 2 rings (SSSR count). The molecule has 0 radical (unpaired) electrons. The summed E-state index contributed by atoms with van der Waals surface area (Å²) in [6.45, 7) is 12.3. The molecule has 1 aromatic heterocycles. The first-order chi connectivity index (χ1) is 8.60. The van der Waals surface area contributed by atoms with E-state index >= 15 is 0 Å². The van der Waals surface area contributed by atoms with Crippen LogP contribution in [0.1, 0.15) is 37.9 Å². The number of aryl methyl sites for hydroxylation is 1. The van der Waals surface area contributed by atoms with Crippen molar-refractivity contribution in [3.63, 3.8) is 0 Å². The van der Waals surface area contributed by atoms with E-state index in [1.165, 1.54) is 11.4 Å². The average molecular weight is 267 g/mol. The molecule has 0 spiro atoms. The Bertz CT molecular complexity index is 375. The largest absolute Gasteiger partial charge is 0.311 e. The quantitative estimate of drug-likeness (QED) is 0.909. The molecular formula is C14H25N3S. The van der Waals surface area contributed by atoms with Crippen molar-refractivity contribution in [2.24, 2.45) is 5.92 Å². The van der Waals surface area contributed by atoms with Crippen molar-refractivity contribution >= 4 is 11.3 Å². The highest BCUT2D eigenvalue weighted by Gasteiger charge is 2.29. The summed E-state index contributed by atoms with van der Waals surface area (Å²) >= 11 is 1.79. The molecule has 4 heteroatoms. The van der Waals surface area contributed by atoms with E-state index in [9.17, 15) is 0 Å². The van der Waals surface area contributed by atoms with Gasteiger partial charge in [0.05, 0.1) is 6.54 Å². The van der Waals surface area contributed by atoms with Gasteiger partial charge in [-0.1, -0.05) is 20.8 Å². The van der Waals surface area contributed by atoms with Gasteiger partial charge in [0.15, 0.2) is 0 Å². The Balaban J connectivity index is 2.04. The van der Waals surface area contributed by atoms with Gasteiger partial charge in [-0.25, -0.2) is 4.98 Å². The number of thiazole rings is 1. The Hall–Kier alpha value is -0.450. The van der Waals surface area contributed by atoms with Gasteiger partial charge in [-0.2, -0.15) is 0 Å². The van der Waals surface area contributed by atoms with Crippen LogP contribution in [0.2, 0.25) is 0 Å². The van der Waals surface area contributed by atoms with Crippen molar-refractivity contribution in [3.05, 3.63) is 16.1 Å². The average Bonchev–Trinajstić information content (AvgIpc) is 2.74. The molecule has 0 aromatic carbocycles. The zero-order valence-corrected chi connectivity index (χ0v) is 12.8. The molecule has 1 fully saturated rings. The molecule has 1 saturated heterocycles. The zero-order valence-electron chi connectivity index (χ0n) is 11.9. The molecular weight excluding hydrogens is 242 g/mol. The molecule has 2 atom stereocenters. The number of nitrogens with one attached hydrogen (secondary N) is 1. The van der Waals surface area contributed by atoms with Crippen LogP contribution < -0.4 is 5.32 Å². The highest BCUT2D eigenvalue weighted by molar-refractivity contribution is 7.09. The second-order valence-electron chi connectivity index (χ2n) is 5.64. The van der Waals surface area contributed by atoms with E-state index in [0.29, 0.717) is 18.0 Å². The Morgan fingerprint density at radius 1 is 1.56 bits per heavy atom. The Kier molecular flexibility index (Phi) is 4.76. The monoisotopic (exact) mass is 267 g/mol. The summed E-state index contributed by atoms with van der Waals surface area (Å²) in [5.41, 5.74) is 1.15. The number of hydrogen-bond donors (Lipinski definition) is 1. The number of nitrogens with zero attached hydrogens (tertiary/aromatic N) is 2. The van der Waals surface area contributed by atoms with E-state index in [0.717, 1.165) is 25.3 Å². The maximum Gasteiger partial charge on any atom is 0.107 e. The minimum absolute atomic E-state index is 0.636. The molecule has 0 bridgehead atoms. The number of rotatable bonds is 4. The SMILES string of the molecule is CCC1CN(Cc2nc(C)cs2)C(C(C)C)CN1. The molecule has 3 nitrogen and oxygen atoms in total. The van der Waals surface area contributed by atoms with Crippen LogP contribution in [0.4, 0.5) is 0 Å². The van der Waals surface area contributed by atoms with Gasteiger partial charge in [-0.3, -0.25) is 4.90 Å². The topological polar surface area (TPSA) is 28.2 Å². The predicted octanol–water partition coefficient (Wildman–Crippen LogP) is 2.66. The van der Waals surface area contributed by atoms with E-state index in [1.807, 2.05) is 0 Å². The van der Waals surface area contributed by atoms with Crippen LogP contribution in [0.3, 0.4) is 0 Å². The normalized spacial score (nSPS) is 25.8. The minimum Gasteiger partial charge on any atom is -0.311 e. The molecule has 0 amide bonds. The number of piperazine rings is 1. The predicted molar refractivity (Wildman–Crippen MR) is 78.0 cm³/mol. The summed E-state index contributed by atoms with van der Waals surface area (Å²) in [6, 6.07) is 1.28. The third kappa shape index (κ3) is 3.31. The van der Waals surface area contributed by atoms with Gasteiger partial charge in [-0.15, -0.1) is 11.3 Å². The van der Waals surface area contributed by atoms with Crippen LogP contribution in [0, 0.1) is 12.8 Å². The van der Waals surface area contributed by atoms with E-state index < -0.39 is 0 Å². The summed E-state index contributed by atoms with van der Waals surface area (Å²) in [5, 5.41) is 7.07. The summed E-state index contributed by atoms with van der Waals surface area (Å²) in [7, 11) is 0. The molecule has 2 unspecified atom stereocenters. The molecule has 1 aliphatic rings. The third-order valence-electron chi connectivity index (χ3n) is 3.81. The van der Waals surface area contributed by atoms with Gasteiger partial charge < -0.3 is 5.32 Å². The lowest BCUT2D eigenvalue weighted by Gasteiger charge is -2.41. The van der Waals surface area contributed by atoms with E-state index in [1.54, 1.807) is 11.3 Å². The molecule has 1 aromatic rings. The van der Waals surface area contributed by atoms with Crippen molar-refractivity contribution < 1.29 is 0 Å². The molecule has 1 N–H and O–H groups in total. The van der Waals surface area contributed by atoms with Gasteiger partial charge in [0.2, 0.25) is 0 Å². The zero-order chi connectivity index (χ0) is 13.1. The molecule has 0 aliphatic carbocycles. The third-order valence-corrected chi connectivity index (χ3v) is 4.76. The summed E-state index contributed by atoms with van der Waals surface area (Å²) in [5.74, 6) is 0.691. The lowest BCUT2D eigenvalue weighted by Crippen LogP contribution is -2.57. The highest BCUT2D eigenvalue weighted by atomic mass is 32.1. The van der Waals surface area contributed by atoms with Crippen molar-refractivity contribution in [3.8, 4) is 0 Å². The fraction of sp³-hybridized carbons (Fsp3) is 0.786. The van der Waals surface area contributed by atoms with E-state index in [-0.39, 0.29) is 0 Å². The molecule has 1 aliphatic heterocycles. The van der Waals surface area contributed by atoms with E-state index in [2.05, 4.69) is 48.3 Å². The Morgan fingerprint density at radius 2 is 2.33 bits per heavy atom. The maximum absolute atomic E-state index is 4.61. The van der Waals surface area contributed by atoms with Crippen molar-refractivity contribution in [2.75, 3.05) is 13.1 Å². The number of hydrogen-bond acceptors (Lipinski definition) is 4. The van der Waals surface area contributed by atoms with Gasteiger partial charge in [0, 0.05) is 36.2 Å². The van der Waals surface area contributed by atoms with Crippen LogP contribution in [-0.2, 0) is 6.54 Å². The fourth-order valence-electron chi connectivity index (χ4n) is 2.66. The first-order valence-corrected chi connectivity index (χ1v) is 7.86. The van der Waals surface area contributed by atoms with Crippen molar-refractivity contribution in [1.82, 2.24) is 15.2 Å². The van der Waals surface area contributed by atoms with Crippen LogP contribution >= 0.6 is 11.3 Å². The standard InChI is InChI=1S/C14H25N3S/c1-5-12-7-17(13(6-15-12)10(2)3)8-14-16-11(4)9-18-14/h9-10,12-13,15H,5-8H2,1-4H3. The summed E-state index contributed by atoms with van der Waals surface area (Å²) < 4.78 is 0. The van der Waals surface area contributed by atoms with Gasteiger partial charge in [-0.05, 0) is 19.3 Å². The van der Waals surface area contributed by atoms with Gasteiger partial charge in [0.25, 0.3) is 0 Å². The van der Waals surface area contributed by atoms with Crippen molar-refractivity contribution in [2.45, 2.75) is 52.7 Å². The smallest absolute Gasteiger partial charge is 0.107 e. The molecule has 2 heterocycles. The van der Waals surface area contributed by atoms with Crippen molar-refractivity contribution in [1.29, 1.82) is 0 Å². The molecule has 18 heavy (non-hydrogen) atoms. The summed E-state index contributed by atoms with van der Waals surface area (Å²) in [6.07, 6.45) is 1.21. The van der Waals surface area contributed by atoms with Crippen LogP contribution in [-0.4, -0.2) is 35.1 Å². The number of aromatic nitrogens is 1. The van der Waals surface area contributed by atoms with Crippen LogP contribution in [0.5, 0.6) is 0 Å². The molecule has 102 valence electrons. The lowest BCUT2D eigenvalue weighted by molar-refractivity contribution is 0.0899. The lowest BCUT2D eigenvalue weighted by atomic mass is 9.98. The van der Waals surface area contributed by atoms with Gasteiger partial charge in [0.1, 0.15) is 5.01 Å². The second-order valence-corrected chi connectivity index (χ2v) is 6.58. The van der Waals surface area contributed by atoms with Gasteiger partial charge >= 0.3 is 0 Å². The van der Waals surface area contributed by atoms with Crippen LogP contribution in [0.25, 0.3) is 0 Å². The summed E-state index contributed by atoms with van der Waals surface area (Å²) in [4.78, 5) is 7.22. The Labute approximate surface area is 115 Å². The Morgan fingerprint density at radius 3 is 2.89 bits per heavy atom. The highest BCUT2D eigenvalue weighted by Crippen LogP contribution is 2.20. The van der Waals surface area contributed by atoms with E-state index in [4.69, 9.17) is 0 Å². The van der Waals surface area contributed by atoms with Crippen LogP contribution in [0.15, 0.2) is 5.38 Å². The molecule has 0 saturated carbocycles. The maximum atomic E-state index is 4.61.